The number of nitrogens with zero attached hydrogens (tertiary/aromatic N) is 2. The number of hydrogen-bond acceptors (Lipinski definition) is 3. The summed E-state index contributed by atoms with van der Waals surface area (Å²) >= 11 is 0. The van der Waals surface area contributed by atoms with Gasteiger partial charge in [-0.1, -0.05) is 42.5 Å². The highest BCUT2D eigenvalue weighted by Gasteiger charge is 2.14. The predicted octanol–water partition coefficient (Wildman–Crippen LogP) is 4.01. The van der Waals surface area contributed by atoms with Crippen LogP contribution in [0.5, 0.6) is 0 Å². The molecule has 0 amide bonds. The Bertz CT molecular complexity index is 821. The molecule has 102 valence electrons. The van der Waals surface area contributed by atoms with Gasteiger partial charge < -0.3 is 0 Å². The van der Waals surface area contributed by atoms with Crippen molar-refractivity contribution >= 4 is 22.5 Å². The fraction of sp³-hybridized carbons (Fsp3) is 0. The minimum absolute atomic E-state index is 0.0637. The largest absolute Gasteiger partial charge is 0.277 e. The van der Waals surface area contributed by atoms with Crippen LogP contribution in [0.25, 0.3) is 22.5 Å². The summed E-state index contributed by atoms with van der Waals surface area (Å²) in [6.45, 7) is 0. The summed E-state index contributed by atoms with van der Waals surface area (Å²) in [6.07, 6.45) is 4.97. The highest BCUT2D eigenvalue weighted by molar-refractivity contribution is 5.93. The van der Waals surface area contributed by atoms with Crippen LogP contribution in [0.1, 0.15) is 11.1 Å². The summed E-state index contributed by atoms with van der Waals surface area (Å²) < 4.78 is 0. The molecule has 0 atom stereocenters. The van der Waals surface area contributed by atoms with E-state index in [1.807, 2.05) is 30.3 Å². The van der Waals surface area contributed by atoms with Crippen molar-refractivity contribution in [1.29, 1.82) is 0 Å². The van der Waals surface area contributed by atoms with Gasteiger partial charge in [-0.3, -0.25) is 15.1 Å². The van der Waals surface area contributed by atoms with Crippen LogP contribution in [0.2, 0.25) is 0 Å². The van der Waals surface area contributed by atoms with Crippen molar-refractivity contribution in [2.24, 2.45) is 0 Å². The Balaban J connectivity index is 2.19. The first-order chi connectivity index (χ1) is 10.3. The van der Waals surface area contributed by atoms with E-state index in [9.17, 15) is 10.1 Å². The summed E-state index contributed by atoms with van der Waals surface area (Å²) in [4.78, 5) is 15.1. The van der Waals surface area contributed by atoms with Crippen molar-refractivity contribution in [2.45, 2.75) is 0 Å². The van der Waals surface area contributed by atoms with Crippen LogP contribution >= 0.6 is 0 Å². The van der Waals surface area contributed by atoms with Gasteiger partial charge in [0.1, 0.15) is 0 Å². The molecule has 4 nitrogen and oxygen atoms in total. The predicted molar refractivity (Wildman–Crippen MR) is 83.1 cm³/mol. The van der Waals surface area contributed by atoms with E-state index in [0.717, 1.165) is 16.3 Å². The van der Waals surface area contributed by atoms with Gasteiger partial charge in [0.2, 0.25) is 0 Å². The number of rotatable bonds is 3. The Morgan fingerprint density at radius 1 is 1.00 bits per heavy atom. The maximum absolute atomic E-state index is 11.4. The van der Waals surface area contributed by atoms with Gasteiger partial charge in [0.15, 0.2) is 0 Å². The molecule has 2 aromatic carbocycles. The average molecular weight is 276 g/mol. The van der Waals surface area contributed by atoms with E-state index in [1.54, 1.807) is 42.7 Å². The number of aromatic nitrogens is 1. The zero-order chi connectivity index (χ0) is 14.7. The van der Waals surface area contributed by atoms with Crippen LogP contribution in [0.3, 0.4) is 0 Å². The van der Waals surface area contributed by atoms with Gasteiger partial charge in [0, 0.05) is 29.4 Å². The normalized spacial score (nSPS) is 11.5. The lowest BCUT2D eigenvalue weighted by Crippen LogP contribution is -1.98. The van der Waals surface area contributed by atoms with Crippen LogP contribution in [0.4, 0.5) is 0 Å². The zero-order valence-electron chi connectivity index (χ0n) is 11.1. The van der Waals surface area contributed by atoms with Crippen molar-refractivity contribution < 1.29 is 4.92 Å². The Labute approximate surface area is 121 Å². The number of pyridine rings is 1. The van der Waals surface area contributed by atoms with Gasteiger partial charge >= 0.3 is 0 Å². The molecule has 0 aliphatic heterocycles. The highest BCUT2D eigenvalue weighted by Crippen LogP contribution is 2.23. The molecule has 3 rings (SSSR count). The van der Waals surface area contributed by atoms with Crippen molar-refractivity contribution in [3.05, 3.63) is 88.2 Å². The first kappa shape index (κ1) is 13.0. The molecular weight excluding hydrogens is 264 g/mol. The van der Waals surface area contributed by atoms with Gasteiger partial charge in [0.05, 0.1) is 10.5 Å². The van der Waals surface area contributed by atoms with Crippen molar-refractivity contribution in [2.75, 3.05) is 0 Å². The molecule has 0 N–H and O–H groups in total. The van der Waals surface area contributed by atoms with Crippen molar-refractivity contribution in [1.82, 2.24) is 4.98 Å². The Kier molecular flexibility index (Phi) is 3.43. The average Bonchev–Trinajstić information content (AvgIpc) is 2.53. The third kappa shape index (κ3) is 2.65. The molecule has 4 heteroatoms. The molecular formula is C17H12N2O2. The van der Waals surface area contributed by atoms with E-state index >= 15 is 0 Å². The van der Waals surface area contributed by atoms with Crippen LogP contribution in [0, 0.1) is 10.1 Å². The summed E-state index contributed by atoms with van der Waals surface area (Å²) in [5.74, 6) is 0. The molecule has 0 fully saturated rings. The van der Waals surface area contributed by atoms with E-state index in [-0.39, 0.29) is 10.6 Å². The smallest absolute Gasteiger partial charge is 0.263 e. The fourth-order valence-electron chi connectivity index (χ4n) is 2.25. The number of hydrogen-bond donors (Lipinski definition) is 0. The number of benzene rings is 2. The highest BCUT2D eigenvalue weighted by atomic mass is 16.6. The van der Waals surface area contributed by atoms with E-state index in [0.29, 0.717) is 5.56 Å². The van der Waals surface area contributed by atoms with Crippen LogP contribution < -0.4 is 0 Å². The van der Waals surface area contributed by atoms with Gasteiger partial charge in [-0.15, -0.1) is 0 Å². The monoisotopic (exact) mass is 276 g/mol. The first-order valence-electron chi connectivity index (χ1n) is 6.50. The van der Waals surface area contributed by atoms with E-state index < -0.39 is 0 Å². The Morgan fingerprint density at radius 3 is 2.48 bits per heavy atom. The quantitative estimate of drug-likeness (QED) is 0.536. The molecule has 0 aliphatic carbocycles. The zero-order valence-corrected chi connectivity index (χ0v) is 11.1. The summed E-state index contributed by atoms with van der Waals surface area (Å²) in [5, 5.41) is 13.3. The first-order valence-corrected chi connectivity index (χ1v) is 6.50. The second-order valence-corrected chi connectivity index (χ2v) is 4.60. The van der Waals surface area contributed by atoms with Crippen LogP contribution in [-0.4, -0.2) is 9.91 Å². The lowest BCUT2D eigenvalue weighted by atomic mass is 10.0. The van der Waals surface area contributed by atoms with Crippen LogP contribution in [0.15, 0.2) is 67.0 Å². The summed E-state index contributed by atoms with van der Waals surface area (Å²) in [7, 11) is 0. The molecule has 0 unspecified atom stereocenters. The van der Waals surface area contributed by atoms with Gasteiger partial charge in [-0.05, 0) is 17.5 Å². The second-order valence-electron chi connectivity index (χ2n) is 4.60. The number of nitro groups is 1. The minimum atomic E-state index is -0.364. The minimum Gasteiger partial charge on any atom is -0.263 e. The molecule has 0 saturated heterocycles. The van der Waals surface area contributed by atoms with Gasteiger partial charge in [-0.25, -0.2) is 0 Å². The summed E-state index contributed by atoms with van der Waals surface area (Å²) in [6, 6.07) is 16.6. The van der Waals surface area contributed by atoms with Gasteiger partial charge in [0.25, 0.3) is 5.70 Å². The third-order valence-electron chi connectivity index (χ3n) is 3.26. The molecule has 0 radical (unpaired) electrons. The van der Waals surface area contributed by atoms with E-state index in [2.05, 4.69) is 4.98 Å². The third-order valence-corrected chi connectivity index (χ3v) is 3.26. The maximum atomic E-state index is 11.4. The Hall–Kier alpha value is -3.01. The van der Waals surface area contributed by atoms with Crippen molar-refractivity contribution in [3.63, 3.8) is 0 Å². The molecule has 0 spiro atoms. The fourth-order valence-corrected chi connectivity index (χ4v) is 2.25. The SMILES string of the molecule is O=[N+]([O-])/C(=C/c1cncc2ccccc12)c1ccccc1. The maximum Gasteiger partial charge on any atom is 0.277 e. The van der Waals surface area contributed by atoms with Gasteiger partial charge in [-0.2, -0.15) is 0 Å². The molecule has 0 saturated carbocycles. The van der Waals surface area contributed by atoms with E-state index in [1.165, 1.54) is 0 Å². The standard InChI is InChI=1S/C17H12N2O2/c20-19(21)17(13-6-2-1-3-7-13)10-15-12-18-11-14-8-4-5-9-16(14)15/h1-12H/b17-10+. The molecule has 1 heterocycles. The molecule has 21 heavy (non-hydrogen) atoms. The lowest BCUT2D eigenvalue weighted by molar-refractivity contribution is -0.374. The van der Waals surface area contributed by atoms with Crippen LogP contribution in [-0.2, 0) is 0 Å². The Morgan fingerprint density at radius 2 is 1.71 bits per heavy atom. The molecule has 1 aromatic heterocycles. The number of fused-ring (bicyclic) bond motifs is 1. The second kappa shape index (κ2) is 5.54. The topological polar surface area (TPSA) is 56.0 Å². The lowest BCUT2D eigenvalue weighted by Gasteiger charge is -2.02. The molecule has 0 bridgehead atoms. The summed E-state index contributed by atoms with van der Waals surface area (Å²) in [5.41, 5.74) is 1.38. The molecule has 0 aliphatic rings. The van der Waals surface area contributed by atoms with E-state index in [4.69, 9.17) is 0 Å². The molecule has 3 aromatic rings. The van der Waals surface area contributed by atoms with Crippen molar-refractivity contribution in [3.8, 4) is 0 Å².